The van der Waals surface area contributed by atoms with E-state index >= 15 is 0 Å². The van der Waals surface area contributed by atoms with Crippen molar-refractivity contribution in [3.05, 3.63) is 71.0 Å². The average Bonchev–Trinajstić information content (AvgIpc) is 3.04. The SMILES string of the molecule is OCCN(Cc1ccccc1)Cc1noc(-c2cccc(Cl)c2)n1. The van der Waals surface area contributed by atoms with Gasteiger partial charge in [0.25, 0.3) is 5.89 Å². The van der Waals surface area contributed by atoms with Crippen molar-refractivity contribution in [1.29, 1.82) is 0 Å². The fourth-order valence-corrected chi connectivity index (χ4v) is 2.64. The van der Waals surface area contributed by atoms with Crippen LogP contribution in [0.1, 0.15) is 11.4 Å². The third-order valence-electron chi connectivity index (χ3n) is 3.57. The van der Waals surface area contributed by atoms with E-state index < -0.39 is 0 Å². The van der Waals surface area contributed by atoms with Gasteiger partial charge in [-0.1, -0.05) is 53.2 Å². The molecule has 1 heterocycles. The smallest absolute Gasteiger partial charge is 0.258 e. The highest BCUT2D eigenvalue weighted by Crippen LogP contribution is 2.21. The number of aromatic nitrogens is 2. The maximum atomic E-state index is 9.29. The Morgan fingerprint density at radius 1 is 1.04 bits per heavy atom. The molecule has 0 saturated heterocycles. The molecule has 0 unspecified atom stereocenters. The van der Waals surface area contributed by atoms with Gasteiger partial charge in [-0.3, -0.25) is 4.90 Å². The van der Waals surface area contributed by atoms with Crippen LogP contribution in [0, 0.1) is 0 Å². The fraction of sp³-hybridized carbons (Fsp3) is 0.222. The van der Waals surface area contributed by atoms with Gasteiger partial charge in [-0.2, -0.15) is 4.98 Å². The van der Waals surface area contributed by atoms with Crippen LogP contribution in [0.3, 0.4) is 0 Å². The quantitative estimate of drug-likeness (QED) is 0.712. The van der Waals surface area contributed by atoms with Crippen molar-refractivity contribution in [1.82, 2.24) is 15.0 Å². The second kappa shape index (κ2) is 8.06. The molecule has 1 N–H and O–H groups in total. The van der Waals surface area contributed by atoms with Crippen LogP contribution in [0.25, 0.3) is 11.5 Å². The minimum absolute atomic E-state index is 0.0752. The Morgan fingerprint density at radius 2 is 1.88 bits per heavy atom. The molecule has 1 aromatic heterocycles. The topological polar surface area (TPSA) is 62.4 Å². The van der Waals surface area contributed by atoms with Gasteiger partial charge >= 0.3 is 0 Å². The van der Waals surface area contributed by atoms with Crippen molar-refractivity contribution in [2.75, 3.05) is 13.2 Å². The van der Waals surface area contributed by atoms with Crippen LogP contribution in [0.5, 0.6) is 0 Å². The molecular formula is C18H18ClN3O2. The van der Waals surface area contributed by atoms with E-state index in [0.29, 0.717) is 36.4 Å². The maximum Gasteiger partial charge on any atom is 0.258 e. The van der Waals surface area contributed by atoms with Crippen LogP contribution < -0.4 is 0 Å². The Bertz CT molecular complexity index is 777. The van der Waals surface area contributed by atoms with E-state index in [1.54, 1.807) is 12.1 Å². The first kappa shape index (κ1) is 16.6. The Hall–Kier alpha value is -2.21. The number of hydrogen-bond acceptors (Lipinski definition) is 5. The van der Waals surface area contributed by atoms with Gasteiger partial charge in [0.2, 0.25) is 0 Å². The number of aliphatic hydroxyl groups excluding tert-OH is 1. The lowest BCUT2D eigenvalue weighted by atomic mass is 10.2. The van der Waals surface area contributed by atoms with Gasteiger partial charge in [-0.05, 0) is 23.8 Å². The molecule has 0 bridgehead atoms. The lowest BCUT2D eigenvalue weighted by Crippen LogP contribution is -2.26. The van der Waals surface area contributed by atoms with Crippen molar-refractivity contribution in [3.63, 3.8) is 0 Å². The predicted molar refractivity (Wildman–Crippen MR) is 92.4 cm³/mol. The Kier molecular flexibility index (Phi) is 5.59. The van der Waals surface area contributed by atoms with Crippen molar-refractivity contribution in [3.8, 4) is 11.5 Å². The molecule has 6 heteroatoms. The van der Waals surface area contributed by atoms with Crippen LogP contribution in [-0.2, 0) is 13.1 Å². The summed E-state index contributed by atoms with van der Waals surface area (Å²) in [6, 6.07) is 17.4. The molecule has 0 aliphatic carbocycles. The normalized spacial score (nSPS) is 11.1. The minimum atomic E-state index is 0.0752. The lowest BCUT2D eigenvalue weighted by molar-refractivity contribution is 0.180. The summed E-state index contributed by atoms with van der Waals surface area (Å²) in [6.07, 6.45) is 0. The van der Waals surface area contributed by atoms with E-state index in [2.05, 4.69) is 27.2 Å². The molecule has 0 saturated carbocycles. The van der Waals surface area contributed by atoms with E-state index in [0.717, 1.165) is 5.56 Å². The summed E-state index contributed by atoms with van der Waals surface area (Å²) in [5.74, 6) is 1.02. The number of aliphatic hydroxyl groups is 1. The van der Waals surface area contributed by atoms with Crippen LogP contribution in [0.4, 0.5) is 0 Å². The largest absolute Gasteiger partial charge is 0.395 e. The number of rotatable bonds is 7. The Balaban J connectivity index is 1.71. The number of halogens is 1. The summed E-state index contributed by atoms with van der Waals surface area (Å²) in [5.41, 5.74) is 1.96. The zero-order valence-electron chi connectivity index (χ0n) is 13.1. The molecule has 0 aliphatic rings. The highest BCUT2D eigenvalue weighted by atomic mass is 35.5. The molecule has 0 amide bonds. The monoisotopic (exact) mass is 343 g/mol. The summed E-state index contributed by atoms with van der Waals surface area (Å²) in [5, 5.41) is 13.9. The fourth-order valence-electron chi connectivity index (χ4n) is 2.45. The summed E-state index contributed by atoms with van der Waals surface area (Å²) in [7, 11) is 0. The van der Waals surface area contributed by atoms with E-state index in [4.69, 9.17) is 16.1 Å². The summed E-state index contributed by atoms with van der Waals surface area (Å²) in [6.45, 7) is 1.82. The standard InChI is InChI=1S/C18H18ClN3O2/c19-16-8-4-7-15(11-16)18-20-17(21-24-18)13-22(9-10-23)12-14-5-2-1-3-6-14/h1-8,11,23H,9-10,12-13H2. The first-order valence-corrected chi connectivity index (χ1v) is 8.08. The zero-order valence-corrected chi connectivity index (χ0v) is 13.9. The molecular weight excluding hydrogens is 326 g/mol. The number of nitrogens with zero attached hydrogens (tertiary/aromatic N) is 3. The molecule has 0 radical (unpaired) electrons. The van der Waals surface area contributed by atoms with Gasteiger partial charge < -0.3 is 9.63 Å². The minimum Gasteiger partial charge on any atom is -0.395 e. The van der Waals surface area contributed by atoms with Gasteiger partial charge in [0, 0.05) is 23.7 Å². The summed E-state index contributed by atoms with van der Waals surface area (Å²) < 4.78 is 5.33. The molecule has 2 aromatic carbocycles. The Morgan fingerprint density at radius 3 is 2.62 bits per heavy atom. The molecule has 24 heavy (non-hydrogen) atoms. The molecule has 5 nitrogen and oxygen atoms in total. The van der Waals surface area contributed by atoms with Crippen LogP contribution >= 0.6 is 11.6 Å². The zero-order chi connectivity index (χ0) is 16.8. The van der Waals surface area contributed by atoms with Gasteiger partial charge in [0.15, 0.2) is 5.82 Å². The lowest BCUT2D eigenvalue weighted by Gasteiger charge is -2.19. The average molecular weight is 344 g/mol. The summed E-state index contributed by atoms with van der Waals surface area (Å²) in [4.78, 5) is 6.50. The second-order valence-electron chi connectivity index (χ2n) is 5.45. The van der Waals surface area contributed by atoms with E-state index in [1.807, 2.05) is 30.3 Å². The first-order chi connectivity index (χ1) is 11.7. The molecule has 0 fully saturated rings. The third-order valence-corrected chi connectivity index (χ3v) is 3.81. The highest BCUT2D eigenvalue weighted by Gasteiger charge is 2.13. The maximum absolute atomic E-state index is 9.29. The van der Waals surface area contributed by atoms with Crippen LogP contribution in [0.2, 0.25) is 5.02 Å². The van der Waals surface area contributed by atoms with Crippen LogP contribution in [-0.4, -0.2) is 33.3 Å². The Labute approximate surface area is 145 Å². The molecule has 3 aromatic rings. The van der Waals surface area contributed by atoms with Crippen LogP contribution in [0.15, 0.2) is 59.1 Å². The molecule has 0 atom stereocenters. The predicted octanol–water partition coefficient (Wildman–Crippen LogP) is 3.38. The van der Waals surface area contributed by atoms with Gasteiger partial charge in [-0.15, -0.1) is 0 Å². The molecule has 0 aliphatic heterocycles. The number of benzene rings is 2. The van der Waals surface area contributed by atoms with Crippen molar-refractivity contribution in [2.24, 2.45) is 0 Å². The third kappa shape index (κ3) is 4.41. The second-order valence-corrected chi connectivity index (χ2v) is 5.88. The molecule has 3 rings (SSSR count). The first-order valence-electron chi connectivity index (χ1n) is 7.70. The van der Waals surface area contributed by atoms with E-state index in [9.17, 15) is 5.11 Å². The van der Waals surface area contributed by atoms with Crippen molar-refractivity contribution >= 4 is 11.6 Å². The summed E-state index contributed by atoms with van der Waals surface area (Å²) >= 11 is 5.99. The van der Waals surface area contributed by atoms with Crippen molar-refractivity contribution in [2.45, 2.75) is 13.1 Å². The van der Waals surface area contributed by atoms with Crippen molar-refractivity contribution < 1.29 is 9.63 Å². The van der Waals surface area contributed by atoms with Gasteiger partial charge in [0.1, 0.15) is 0 Å². The van der Waals surface area contributed by atoms with E-state index in [-0.39, 0.29) is 6.61 Å². The van der Waals surface area contributed by atoms with E-state index in [1.165, 1.54) is 5.56 Å². The number of hydrogen-bond donors (Lipinski definition) is 1. The molecule has 124 valence electrons. The molecule has 0 spiro atoms. The highest BCUT2D eigenvalue weighted by molar-refractivity contribution is 6.30. The van der Waals surface area contributed by atoms with Gasteiger partial charge in [-0.25, -0.2) is 0 Å². The van der Waals surface area contributed by atoms with Gasteiger partial charge in [0.05, 0.1) is 13.2 Å².